The van der Waals surface area contributed by atoms with E-state index in [4.69, 9.17) is 16.3 Å². The first-order valence-electron chi connectivity index (χ1n) is 9.43. The molecule has 3 aromatic carbocycles. The summed E-state index contributed by atoms with van der Waals surface area (Å²) in [6, 6.07) is 8.28. The lowest BCUT2D eigenvalue weighted by atomic mass is 10.2. The molecule has 34 heavy (non-hydrogen) atoms. The Hall–Kier alpha value is -3.99. The maximum absolute atomic E-state index is 14.5. The summed E-state index contributed by atoms with van der Waals surface area (Å²) in [7, 11) is 0. The first-order valence-corrected chi connectivity index (χ1v) is 9.81. The maximum atomic E-state index is 14.5. The first-order chi connectivity index (χ1) is 16.1. The van der Waals surface area contributed by atoms with Crippen LogP contribution < -0.4 is 15.4 Å². The number of alkyl halides is 3. The summed E-state index contributed by atoms with van der Waals surface area (Å²) in [5, 5.41) is 3.59. The minimum absolute atomic E-state index is 0.174. The van der Waals surface area contributed by atoms with E-state index in [1.54, 1.807) is 6.07 Å². The van der Waals surface area contributed by atoms with Crippen LogP contribution in [0.4, 0.5) is 38.1 Å². The van der Waals surface area contributed by atoms with Gasteiger partial charge in [-0.15, -0.1) is 0 Å². The van der Waals surface area contributed by atoms with Crippen molar-refractivity contribution in [2.24, 2.45) is 0 Å². The van der Waals surface area contributed by atoms with Gasteiger partial charge in [0.25, 0.3) is 0 Å². The number of fused-ring (bicyclic) bond motifs is 1. The fraction of sp³-hybridized carbons (Fsp3) is 0.0455. The molecule has 0 bridgehead atoms. The van der Waals surface area contributed by atoms with Gasteiger partial charge in [0.2, 0.25) is 5.82 Å². The van der Waals surface area contributed by atoms with E-state index in [0.29, 0.717) is 17.1 Å². The molecule has 0 radical (unpaired) electrons. The number of nitrogens with one attached hydrogen (secondary N) is 2. The van der Waals surface area contributed by atoms with Crippen LogP contribution >= 0.6 is 11.6 Å². The largest absolute Gasteiger partial charge is 0.454 e. The van der Waals surface area contributed by atoms with E-state index in [0.717, 1.165) is 24.3 Å². The summed E-state index contributed by atoms with van der Waals surface area (Å²) < 4.78 is 73.3. The van der Waals surface area contributed by atoms with Gasteiger partial charge >= 0.3 is 12.2 Å². The zero-order valence-corrected chi connectivity index (χ0v) is 17.5. The second-order valence-corrected chi connectivity index (χ2v) is 7.23. The molecule has 2 amide bonds. The zero-order chi connectivity index (χ0) is 24.5. The van der Waals surface area contributed by atoms with Gasteiger partial charge < -0.3 is 15.4 Å². The highest BCUT2D eigenvalue weighted by Gasteiger charge is 2.33. The summed E-state index contributed by atoms with van der Waals surface area (Å²) in [6.07, 6.45) is -1.78. The Kier molecular flexibility index (Phi) is 6.20. The van der Waals surface area contributed by atoms with Crippen molar-refractivity contribution < 1.29 is 31.5 Å². The van der Waals surface area contributed by atoms with E-state index >= 15 is 0 Å². The predicted molar refractivity (Wildman–Crippen MR) is 115 cm³/mol. The van der Waals surface area contributed by atoms with Crippen molar-refractivity contribution >= 4 is 40.0 Å². The Labute approximate surface area is 193 Å². The molecule has 0 spiro atoms. The summed E-state index contributed by atoms with van der Waals surface area (Å²) in [4.78, 5) is 20.3. The van der Waals surface area contributed by atoms with Gasteiger partial charge in [-0.05, 0) is 42.5 Å². The number of anilines is 2. The number of benzene rings is 3. The molecule has 4 rings (SSSR count). The second-order valence-electron chi connectivity index (χ2n) is 6.82. The molecule has 0 unspecified atom stereocenters. The quantitative estimate of drug-likeness (QED) is 0.299. The molecule has 1 aromatic heterocycles. The van der Waals surface area contributed by atoms with Gasteiger partial charge in [0, 0.05) is 24.1 Å². The van der Waals surface area contributed by atoms with Crippen LogP contribution in [-0.2, 0) is 6.18 Å². The minimum atomic E-state index is -4.74. The second kappa shape index (κ2) is 9.10. The number of nitrogens with zero attached hydrogens (tertiary/aromatic N) is 2. The number of aromatic nitrogens is 2. The molecular weight excluding hydrogens is 483 g/mol. The summed E-state index contributed by atoms with van der Waals surface area (Å²) >= 11 is 5.53. The van der Waals surface area contributed by atoms with E-state index in [2.05, 4.69) is 15.3 Å². The van der Waals surface area contributed by atoms with Crippen molar-refractivity contribution in [3.05, 3.63) is 83.1 Å². The third kappa shape index (κ3) is 4.99. The van der Waals surface area contributed by atoms with Gasteiger partial charge in [0.15, 0.2) is 11.6 Å². The van der Waals surface area contributed by atoms with Crippen LogP contribution in [0.1, 0.15) is 5.56 Å². The average Bonchev–Trinajstić information content (AvgIpc) is 2.79. The van der Waals surface area contributed by atoms with Gasteiger partial charge in [-0.2, -0.15) is 17.6 Å². The molecule has 0 saturated carbocycles. The van der Waals surface area contributed by atoms with Crippen LogP contribution in [0.3, 0.4) is 0 Å². The van der Waals surface area contributed by atoms with E-state index < -0.39 is 45.9 Å². The zero-order valence-electron chi connectivity index (χ0n) is 16.8. The van der Waals surface area contributed by atoms with Crippen LogP contribution in [0.25, 0.3) is 11.0 Å². The van der Waals surface area contributed by atoms with Crippen molar-refractivity contribution in [2.45, 2.75) is 6.18 Å². The number of carbonyl (C=O) groups excluding carboxylic acids is 1. The van der Waals surface area contributed by atoms with Crippen molar-refractivity contribution in [3.8, 4) is 11.5 Å². The highest BCUT2D eigenvalue weighted by molar-refractivity contribution is 6.31. The number of ether oxygens (including phenoxy) is 1. The first kappa shape index (κ1) is 23.2. The molecule has 4 aromatic rings. The minimum Gasteiger partial charge on any atom is -0.454 e. The summed E-state index contributed by atoms with van der Waals surface area (Å²) in [5.74, 6) is -3.10. The standard InChI is InChI=1S/C22H12ClF5N4O2/c23-14-3-1-11(9-13(14)22(26,27)28)31-21(33)32-16-5-6-18(20(25)19(16)24)34-12-2-4-15-17(10-12)30-8-7-29-15/h1-10H,(H2,31,32,33). The molecular formula is C22H12ClF5N4O2. The number of halogens is 6. The number of carbonyl (C=O) groups is 1. The number of hydrogen-bond donors (Lipinski definition) is 2. The van der Waals surface area contributed by atoms with Crippen LogP contribution in [0, 0.1) is 11.6 Å². The SMILES string of the molecule is O=C(Nc1ccc(Cl)c(C(F)(F)F)c1)Nc1ccc(Oc2ccc3nccnc3c2)c(F)c1F. The Balaban J connectivity index is 1.49. The number of rotatable bonds is 4. The molecule has 6 nitrogen and oxygen atoms in total. The molecule has 0 aliphatic rings. The number of amides is 2. The smallest absolute Gasteiger partial charge is 0.417 e. The van der Waals surface area contributed by atoms with E-state index in [-0.39, 0.29) is 11.4 Å². The van der Waals surface area contributed by atoms with E-state index in [1.807, 2.05) is 5.32 Å². The summed E-state index contributed by atoms with van der Waals surface area (Å²) in [6.45, 7) is 0. The molecule has 0 aliphatic carbocycles. The van der Waals surface area contributed by atoms with Crippen LogP contribution in [0.15, 0.2) is 60.9 Å². The van der Waals surface area contributed by atoms with Gasteiger partial charge in [-0.3, -0.25) is 9.97 Å². The van der Waals surface area contributed by atoms with Gasteiger partial charge in [-0.25, -0.2) is 9.18 Å². The van der Waals surface area contributed by atoms with Crippen LogP contribution in [0.2, 0.25) is 5.02 Å². The number of hydrogen-bond acceptors (Lipinski definition) is 4. The summed E-state index contributed by atoms with van der Waals surface area (Å²) in [5.41, 5.74) is -0.918. The maximum Gasteiger partial charge on any atom is 0.417 e. The Bertz CT molecular complexity index is 1400. The third-order valence-corrected chi connectivity index (χ3v) is 4.82. The molecule has 0 atom stereocenters. The lowest BCUT2D eigenvalue weighted by Gasteiger charge is -2.13. The van der Waals surface area contributed by atoms with E-state index in [1.165, 1.54) is 24.5 Å². The fourth-order valence-corrected chi connectivity index (χ4v) is 3.17. The Morgan fingerprint density at radius 2 is 1.62 bits per heavy atom. The topological polar surface area (TPSA) is 76.1 Å². The molecule has 0 saturated heterocycles. The number of urea groups is 1. The highest BCUT2D eigenvalue weighted by Crippen LogP contribution is 2.36. The predicted octanol–water partition coefficient (Wildman–Crippen LogP) is 7.02. The van der Waals surface area contributed by atoms with Gasteiger partial charge in [0.05, 0.1) is 27.3 Å². The van der Waals surface area contributed by atoms with Crippen molar-refractivity contribution in [1.82, 2.24) is 9.97 Å². The fourth-order valence-electron chi connectivity index (χ4n) is 2.95. The lowest BCUT2D eigenvalue weighted by molar-refractivity contribution is -0.137. The molecule has 2 N–H and O–H groups in total. The molecule has 1 heterocycles. The average molecular weight is 495 g/mol. The molecule has 174 valence electrons. The monoisotopic (exact) mass is 494 g/mol. The third-order valence-electron chi connectivity index (χ3n) is 4.49. The van der Waals surface area contributed by atoms with Crippen LogP contribution in [0.5, 0.6) is 11.5 Å². The molecule has 12 heteroatoms. The van der Waals surface area contributed by atoms with Crippen LogP contribution in [-0.4, -0.2) is 16.0 Å². The van der Waals surface area contributed by atoms with Gasteiger partial charge in [-0.1, -0.05) is 11.6 Å². The van der Waals surface area contributed by atoms with Crippen molar-refractivity contribution in [1.29, 1.82) is 0 Å². The van der Waals surface area contributed by atoms with Crippen molar-refractivity contribution in [2.75, 3.05) is 10.6 Å². The molecule has 0 aliphatic heterocycles. The lowest BCUT2D eigenvalue weighted by Crippen LogP contribution is -2.21. The normalized spacial score (nSPS) is 11.4. The molecule has 0 fully saturated rings. The Morgan fingerprint density at radius 1 is 0.882 bits per heavy atom. The van der Waals surface area contributed by atoms with Crippen molar-refractivity contribution in [3.63, 3.8) is 0 Å². The van der Waals surface area contributed by atoms with E-state index in [9.17, 15) is 26.7 Å². The van der Waals surface area contributed by atoms with Gasteiger partial charge in [0.1, 0.15) is 5.75 Å². The Morgan fingerprint density at radius 3 is 2.35 bits per heavy atom. The highest BCUT2D eigenvalue weighted by atomic mass is 35.5.